The zero-order valence-corrected chi connectivity index (χ0v) is 12.4. The summed E-state index contributed by atoms with van der Waals surface area (Å²) in [6.07, 6.45) is 0.0744. The Kier molecular flexibility index (Phi) is 4.37. The maximum absolute atomic E-state index is 13.2. The summed E-state index contributed by atoms with van der Waals surface area (Å²) in [6, 6.07) is 12.3. The second kappa shape index (κ2) is 6.45. The van der Waals surface area contributed by atoms with Crippen LogP contribution in [0.4, 0.5) is 8.78 Å². The molecule has 1 aliphatic rings. The third-order valence-corrected chi connectivity index (χ3v) is 4.20. The Morgan fingerprint density at radius 3 is 2.52 bits per heavy atom. The van der Waals surface area contributed by atoms with Crippen LogP contribution in [0.2, 0.25) is 0 Å². The van der Waals surface area contributed by atoms with E-state index in [1.807, 2.05) is 11.0 Å². The number of aliphatic hydroxyl groups is 1. The standard InChI is InChI=1S/C18H16F2N2O/c19-15-4-1-12(2-5-15)18-8-17(23)11-22(18)10-13-3-6-16(20)7-14(13)9-21/h1-7,17-18,23H,8,10-11H2/t17-,18+/m1/s1. The molecule has 118 valence electrons. The predicted molar refractivity (Wildman–Crippen MR) is 81.3 cm³/mol. The molecule has 2 atom stereocenters. The largest absolute Gasteiger partial charge is 0.392 e. The first kappa shape index (κ1) is 15.6. The minimum atomic E-state index is -0.476. The molecular formula is C18H16F2N2O. The molecule has 0 radical (unpaired) electrons. The van der Waals surface area contributed by atoms with Gasteiger partial charge in [0.1, 0.15) is 11.6 Å². The quantitative estimate of drug-likeness (QED) is 0.947. The number of hydrogen-bond donors (Lipinski definition) is 1. The monoisotopic (exact) mass is 314 g/mol. The molecule has 0 unspecified atom stereocenters. The van der Waals surface area contributed by atoms with Crippen molar-refractivity contribution in [2.24, 2.45) is 0 Å². The molecule has 2 aromatic rings. The average Bonchev–Trinajstić information content (AvgIpc) is 2.90. The fraction of sp³-hybridized carbons (Fsp3) is 0.278. The number of halogens is 2. The molecule has 3 rings (SSSR count). The second-order valence-corrected chi connectivity index (χ2v) is 5.80. The van der Waals surface area contributed by atoms with Crippen LogP contribution in [-0.2, 0) is 6.54 Å². The van der Waals surface area contributed by atoms with Crippen LogP contribution in [0.1, 0.15) is 29.2 Å². The van der Waals surface area contributed by atoms with E-state index in [1.165, 1.54) is 24.3 Å². The zero-order chi connectivity index (χ0) is 16.4. The van der Waals surface area contributed by atoms with E-state index in [0.29, 0.717) is 25.1 Å². The lowest BCUT2D eigenvalue weighted by Crippen LogP contribution is -2.24. The summed E-state index contributed by atoms with van der Waals surface area (Å²) in [5, 5.41) is 19.1. The van der Waals surface area contributed by atoms with Gasteiger partial charge in [-0.25, -0.2) is 8.78 Å². The van der Waals surface area contributed by atoms with Crippen LogP contribution in [0, 0.1) is 23.0 Å². The number of hydrogen-bond acceptors (Lipinski definition) is 3. The van der Waals surface area contributed by atoms with Gasteiger partial charge in [0.2, 0.25) is 0 Å². The third-order valence-electron chi connectivity index (χ3n) is 4.20. The average molecular weight is 314 g/mol. The summed E-state index contributed by atoms with van der Waals surface area (Å²) in [6.45, 7) is 0.895. The van der Waals surface area contributed by atoms with Crippen molar-refractivity contribution in [3.05, 3.63) is 70.8 Å². The maximum Gasteiger partial charge on any atom is 0.124 e. The normalized spacial score (nSPS) is 21.3. The number of likely N-dealkylation sites (tertiary alicyclic amines) is 1. The Hall–Kier alpha value is -2.29. The fourth-order valence-electron chi connectivity index (χ4n) is 3.10. The summed E-state index contributed by atoms with van der Waals surface area (Å²) in [4.78, 5) is 2.03. The van der Waals surface area contributed by atoms with E-state index in [4.69, 9.17) is 5.26 Å². The minimum Gasteiger partial charge on any atom is -0.392 e. The van der Waals surface area contributed by atoms with Gasteiger partial charge in [0.15, 0.2) is 0 Å². The molecule has 3 nitrogen and oxygen atoms in total. The first-order chi connectivity index (χ1) is 11.1. The van der Waals surface area contributed by atoms with Crippen molar-refractivity contribution in [1.82, 2.24) is 4.90 Å². The highest BCUT2D eigenvalue weighted by atomic mass is 19.1. The molecule has 0 saturated carbocycles. The van der Waals surface area contributed by atoms with E-state index in [0.717, 1.165) is 11.1 Å². The van der Waals surface area contributed by atoms with Gasteiger partial charge >= 0.3 is 0 Å². The fourth-order valence-corrected chi connectivity index (χ4v) is 3.10. The third kappa shape index (κ3) is 3.39. The van der Waals surface area contributed by atoms with Crippen molar-refractivity contribution in [1.29, 1.82) is 5.26 Å². The van der Waals surface area contributed by atoms with Crippen LogP contribution < -0.4 is 0 Å². The summed E-state index contributed by atoms with van der Waals surface area (Å²) >= 11 is 0. The van der Waals surface area contributed by atoms with E-state index < -0.39 is 11.9 Å². The van der Waals surface area contributed by atoms with Gasteiger partial charge in [0.25, 0.3) is 0 Å². The highest BCUT2D eigenvalue weighted by Gasteiger charge is 2.32. The van der Waals surface area contributed by atoms with Gasteiger partial charge in [0.05, 0.1) is 17.7 Å². The lowest BCUT2D eigenvalue weighted by molar-refractivity contribution is 0.172. The zero-order valence-electron chi connectivity index (χ0n) is 12.4. The van der Waals surface area contributed by atoms with Crippen LogP contribution in [-0.4, -0.2) is 22.7 Å². The molecule has 1 heterocycles. The number of nitrogens with zero attached hydrogens (tertiary/aromatic N) is 2. The second-order valence-electron chi connectivity index (χ2n) is 5.80. The Morgan fingerprint density at radius 1 is 1.13 bits per heavy atom. The molecular weight excluding hydrogens is 298 g/mol. The molecule has 0 aromatic heterocycles. The molecule has 1 saturated heterocycles. The highest BCUT2D eigenvalue weighted by Crippen LogP contribution is 2.34. The van der Waals surface area contributed by atoms with Crippen molar-refractivity contribution in [3.63, 3.8) is 0 Å². The Labute approximate surface area is 133 Å². The van der Waals surface area contributed by atoms with Gasteiger partial charge in [-0.2, -0.15) is 5.26 Å². The lowest BCUT2D eigenvalue weighted by atomic mass is 10.0. The van der Waals surface area contributed by atoms with Crippen LogP contribution in [0.5, 0.6) is 0 Å². The number of rotatable bonds is 3. The van der Waals surface area contributed by atoms with Gasteiger partial charge in [-0.3, -0.25) is 4.90 Å². The number of benzene rings is 2. The van der Waals surface area contributed by atoms with Crippen molar-refractivity contribution in [2.45, 2.75) is 25.1 Å². The molecule has 1 N–H and O–H groups in total. The van der Waals surface area contributed by atoms with E-state index in [2.05, 4.69) is 0 Å². The van der Waals surface area contributed by atoms with Crippen LogP contribution in [0.15, 0.2) is 42.5 Å². The molecule has 2 aromatic carbocycles. The lowest BCUT2D eigenvalue weighted by Gasteiger charge is -2.25. The Morgan fingerprint density at radius 2 is 1.83 bits per heavy atom. The molecule has 1 aliphatic heterocycles. The van der Waals surface area contributed by atoms with E-state index in [1.54, 1.807) is 18.2 Å². The van der Waals surface area contributed by atoms with E-state index >= 15 is 0 Å². The Balaban J connectivity index is 1.86. The van der Waals surface area contributed by atoms with E-state index in [-0.39, 0.29) is 11.9 Å². The van der Waals surface area contributed by atoms with Gasteiger partial charge < -0.3 is 5.11 Å². The van der Waals surface area contributed by atoms with Gasteiger partial charge in [-0.15, -0.1) is 0 Å². The Bertz CT molecular complexity index is 740. The van der Waals surface area contributed by atoms with E-state index in [9.17, 15) is 13.9 Å². The maximum atomic E-state index is 13.2. The number of β-amino-alcohol motifs (C(OH)–C–C–N with tert-alkyl or cyclic N) is 1. The SMILES string of the molecule is N#Cc1cc(F)ccc1CN1C[C@H](O)C[C@H]1c1ccc(F)cc1. The van der Waals surface area contributed by atoms with Crippen molar-refractivity contribution in [2.75, 3.05) is 6.54 Å². The summed E-state index contributed by atoms with van der Waals surface area (Å²) in [5.41, 5.74) is 1.93. The van der Waals surface area contributed by atoms with Crippen molar-refractivity contribution in [3.8, 4) is 6.07 Å². The first-order valence-electron chi connectivity index (χ1n) is 7.43. The summed E-state index contributed by atoms with van der Waals surface area (Å²) in [5.74, 6) is -0.744. The molecule has 0 aliphatic carbocycles. The topological polar surface area (TPSA) is 47.3 Å². The number of aliphatic hydroxyl groups excluding tert-OH is 1. The van der Waals surface area contributed by atoms with Gasteiger partial charge in [0, 0.05) is 19.1 Å². The summed E-state index contributed by atoms with van der Waals surface area (Å²) in [7, 11) is 0. The van der Waals surface area contributed by atoms with Gasteiger partial charge in [-0.1, -0.05) is 18.2 Å². The highest BCUT2D eigenvalue weighted by molar-refractivity contribution is 5.38. The summed E-state index contributed by atoms with van der Waals surface area (Å²) < 4.78 is 26.3. The molecule has 5 heteroatoms. The van der Waals surface area contributed by atoms with Gasteiger partial charge in [-0.05, 0) is 41.8 Å². The first-order valence-corrected chi connectivity index (χ1v) is 7.43. The predicted octanol–water partition coefficient (Wildman–Crippen LogP) is 3.14. The molecule has 0 bridgehead atoms. The molecule has 0 spiro atoms. The number of nitriles is 1. The smallest absolute Gasteiger partial charge is 0.124 e. The van der Waals surface area contributed by atoms with Crippen LogP contribution >= 0.6 is 0 Å². The molecule has 23 heavy (non-hydrogen) atoms. The van der Waals surface area contributed by atoms with Crippen molar-refractivity contribution >= 4 is 0 Å². The van der Waals surface area contributed by atoms with Crippen LogP contribution in [0.25, 0.3) is 0 Å². The minimum absolute atomic E-state index is 0.0535. The van der Waals surface area contributed by atoms with Crippen molar-refractivity contribution < 1.29 is 13.9 Å². The molecule has 1 fully saturated rings. The molecule has 0 amide bonds. The van der Waals surface area contributed by atoms with Crippen LogP contribution in [0.3, 0.4) is 0 Å².